The van der Waals surface area contributed by atoms with Gasteiger partial charge in [0.2, 0.25) is 5.91 Å². The van der Waals surface area contributed by atoms with Crippen molar-refractivity contribution in [3.05, 3.63) is 108 Å². The Morgan fingerprint density at radius 2 is 1.39 bits per heavy atom. The molecule has 38 heavy (non-hydrogen) atoms. The van der Waals surface area contributed by atoms with Crippen LogP contribution < -0.4 is 24.8 Å². The van der Waals surface area contributed by atoms with Crippen LogP contribution in [0, 0.1) is 0 Å². The van der Waals surface area contributed by atoms with Crippen LogP contribution in [0.5, 0.6) is 17.2 Å². The fourth-order valence-corrected chi connectivity index (χ4v) is 4.89. The highest BCUT2D eigenvalue weighted by atomic mass is 32.2. The molecule has 0 radical (unpaired) electrons. The maximum absolute atomic E-state index is 13.5. The quantitative estimate of drug-likeness (QED) is 0.231. The molecule has 0 aliphatic carbocycles. The molecule has 4 aromatic rings. The van der Waals surface area contributed by atoms with Crippen molar-refractivity contribution in [3.63, 3.8) is 0 Å². The average Bonchev–Trinajstić information content (AvgIpc) is 2.96. The van der Waals surface area contributed by atoms with Gasteiger partial charge in [0.15, 0.2) is 11.5 Å². The van der Waals surface area contributed by atoms with E-state index in [9.17, 15) is 9.59 Å². The number of nitrogens with one attached hydrogen (secondary N) is 2. The number of para-hydroxylation sites is 2. The lowest BCUT2D eigenvalue weighted by molar-refractivity contribution is -0.115. The van der Waals surface area contributed by atoms with E-state index in [-0.39, 0.29) is 11.8 Å². The number of carbonyl (C=O) groups excluding carboxylic acids is 2. The fourth-order valence-electron chi connectivity index (χ4n) is 3.81. The van der Waals surface area contributed by atoms with Crippen molar-refractivity contribution in [2.45, 2.75) is 10.1 Å². The first-order chi connectivity index (χ1) is 18.5. The largest absolute Gasteiger partial charge is 0.495 e. The Morgan fingerprint density at radius 3 is 2.13 bits per heavy atom. The van der Waals surface area contributed by atoms with Crippen LogP contribution in [0.1, 0.15) is 21.2 Å². The van der Waals surface area contributed by atoms with Crippen LogP contribution in [0.2, 0.25) is 0 Å². The molecule has 0 aliphatic rings. The Bertz CT molecular complexity index is 1410. The van der Waals surface area contributed by atoms with Gasteiger partial charge in [-0.1, -0.05) is 48.5 Å². The molecule has 0 fully saturated rings. The summed E-state index contributed by atoms with van der Waals surface area (Å²) < 4.78 is 15.9. The molecule has 194 valence electrons. The fraction of sp³-hybridized carbons (Fsp3) is 0.133. The SMILES string of the molecule is COc1ccccc1NC(=O)C(Sc1cccc(NC(=O)c2ccc(OC)c(OC)c2)c1)c1ccccc1. The predicted molar refractivity (Wildman–Crippen MR) is 151 cm³/mol. The number of thioether (sulfide) groups is 1. The van der Waals surface area contributed by atoms with Crippen LogP contribution in [-0.2, 0) is 4.79 Å². The number of benzene rings is 4. The second-order valence-electron chi connectivity index (χ2n) is 8.15. The molecular formula is C30H28N2O5S. The molecule has 8 heteroatoms. The molecule has 1 unspecified atom stereocenters. The van der Waals surface area contributed by atoms with Crippen LogP contribution in [0.3, 0.4) is 0 Å². The third-order valence-electron chi connectivity index (χ3n) is 5.70. The van der Waals surface area contributed by atoms with Gasteiger partial charge in [-0.25, -0.2) is 0 Å². The van der Waals surface area contributed by atoms with E-state index in [1.807, 2.05) is 60.7 Å². The molecular weight excluding hydrogens is 500 g/mol. The van der Waals surface area contributed by atoms with E-state index < -0.39 is 5.25 Å². The normalized spacial score (nSPS) is 11.2. The van der Waals surface area contributed by atoms with E-state index in [1.54, 1.807) is 50.6 Å². The number of amides is 2. The van der Waals surface area contributed by atoms with Crippen molar-refractivity contribution in [3.8, 4) is 17.2 Å². The maximum atomic E-state index is 13.5. The first kappa shape index (κ1) is 26.6. The van der Waals surface area contributed by atoms with Gasteiger partial charge in [0.25, 0.3) is 5.91 Å². The van der Waals surface area contributed by atoms with E-state index in [0.717, 1.165) is 10.5 Å². The highest BCUT2D eigenvalue weighted by Crippen LogP contribution is 2.38. The number of rotatable bonds is 10. The van der Waals surface area contributed by atoms with E-state index in [1.165, 1.54) is 18.9 Å². The summed E-state index contributed by atoms with van der Waals surface area (Å²) in [5.74, 6) is 1.11. The molecule has 7 nitrogen and oxygen atoms in total. The molecule has 0 aliphatic heterocycles. The second-order valence-corrected chi connectivity index (χ2v) is 9.33. The monoisotopic (exact) mass is 528 g/mol. The van der Waals surface area contributed by atoms with Gasteiger partial charge >= 0.3 is 0 Å². The zero-order valence-corrected chi connectivity index (χ0v) is 22.1. The van der Waals surface area contributed by atoms with Gasteiger partial charge in [-0.2, -0.15) is 0 Å². The Kier molecular flexibility index (Phi) is 8.89. The Morgan fingerprint density at radius 1 is 0.684 bits per heavy atom. The molecule has 1 atom stereocenters. The van der Waals surface area contributed by atoms with Gasteiger partial charge in [0.05, 0.1) is 27.0 Å². The van der Waals surface area contributed by atoms with Crippen molar-refractivity contribution in [2.75, 3.05) is 32.0 Å². The summed E-state index contributed by atoms with van der Waals surface area (Å²) in [5, 5.41) is 5.37. The maximum Gasteiger partial charge on any atom is 0.255 e. The summed E-state index contributed by atoms with van der Waals surface area (Å²) in [7, 11) is 4.63. The third kappa shape index (κ3) is 6.46. The predicted octanol–water partition coefficient (Wildman–Crippen LogP) is 6.44. The number of anilines is 2. The van der Waals surface area contributed by atoms with Gasteiger partial charge in [-0.05, 0) is 54.1 Å². The molecule has 0 saturated carbocycles. The zero-order valence-electron chi connectivity index (χ0n) is 21.3. The van der Waals surface area contributed by atoms with Gasteiger partial charge < -0.3 is 24.8 Å². The highest BCUT2D eigenvalue weighted by molar-refractivity contribution is 8.00. The minimum absolute atomic E-state index is 0.189. The Labute approximate surface area is 226 Å². The highest BCUT2D eigenvalue weighted by Gasteiger charge is 2.23. The smallest absolute Gasteiger partial charge is 0.255 e. The summed E-state index contributed by atoms with van der Waals surface area (Å²) in [6.07, 6.45) is 0. The molecule has 4 rings (SSSR count). The number of ether oxygens (including phenoxy) is 3. The van der Waals surface area contributed by atoms with E-state index in [2.05, 4.69) is 10.6 Å². The lowest BCUT2D eigenvalue weighted by Crippen LogP contribution is -2.19. The van der Waals surface area contributed by atoms with Crippen molar-refractivity contribution in [1.29, 1.82) is 0 Å². The first-order valence-corrected chi connectivity index (χ1v) is 12.7. The molecule has 0 aromatic heterocycles. The van der Waals surface area contributed by atoms with Crippen molar-refractivity contribution >= 4 is 35.0 Å². The standard InChI is InChI=1S/C30H28N2O5S/c1-35-25-15-8-7-14-24(25)32-30(34)28(20-10-5-4-6-11-20)38-23-13-9-12-22(19-23)31-29(33)21-16-17-26(36-2)27(18-21)37-3/h4-19,28H,1-3H3,(H,31,33)(H,32,34). The minimum Gasteiger partial charge on any atom is -0.495 e. The van der Waals surface area contributed by atoms with Crippen molar-refractivity contribution < 1.29 is 23.8 Å². The summed E-state index contributed by atoms with van der Waals surface area (Å²) in [4.78, 5) is 27.2. The molecule has 4 aromatic carbocycles. The van der Waals surface area contributed by atoms with Gasteiger partial charge in [-0.15, -0.1) is 11.8 Å². The molecule has 0 bridgehead atoms. The van der Waals surface area contributed by atoms with Crippen LogP contribution in [-0.4, -0.2) is 33.1 Å². The number of methoxy groups -OCH3 is 3. The lowest BCUT2D eigenvalue weighted by Gasteiger charge is -2.18. The van der Waals surface area contributed by atoms with Gasteiger partial charge in [-0.3, -0.25) is 9.59 Å². The van der Waals surface area contributed by atoms with Crippen LogP contribution in [0.4, 0.5) is 11.4 Å². The molecule has 0 heterocycles. The van der Waals surface area contributed by atoms with E-state index in [4.69, 9.17) is 14.2 Å². The third-order valence-corrected chi connectivity index (χ3v) is 6.94. The molecule has 2 N–H and O–H groups in total. The molecule has 0 spiro atoms. The summed E-state index contributed by atoms with van der Waals surface area (Å²) in [5.41, 5.74) is 2.48. The lowest BCUT2D eigenvalue weighted by atomic mass is 10.1. The topological polar surface area (TPSA) is 85.9 Å². The van der Waals surface area contributed by atoms with E-state index in [0.29, 0.717) is 34.2 Å². The van der Waals surface area contributed by atoms with Gasteiger partial charge in [0.1, 0.15) is 11.0 Å². The summed E-state index contributed by atoms with van der Waals surface area (Å²) >= 11 is 1.39. The van der Waals surface area contributed by atoms with Crippen LogP contribution in [0.25, 0.3) is 0 Å². The number of carbonyl (C=O) groups is 2. The zero-order chi connectivity index (χ0) is 26.9. The van der Waals surface area contributed by atoms with Gasteiger partial charge in [0, 0.05) is 16.1 Å². The Balaban J connectivity index is 1.54. The minimum atomic E-state index is -0.544. The molecule has 2 amide bonds. The van der Waals surface area contributed by atoms with Crippen molar-refractivity contribution in [1.82, 2.24) is 0 Å². The Hall–Kier alpha value is -4.43. The van der Waals surface area contributed by atoms with Crippen LogP contribution in [0.15, 0.2) is 102 Å². The first-order valence-electron chi connectivity index (χ1n) is 11.8. The summed E-state index contributed by atoms with van der Waals surface area (Å²) in [6.45, 7) is 0. The van der Waals surface area contributed by atoms with Crippen molar-refractivity contribution in [2.24, 2.45) is 0 Å². The van der Waals surface area contributed by atoms with E-state index >= 15 is 0 Å². The molecule has 0 saturated heterocycles. The number of hydrogen-bond acceptors (Lipinski definition) is 6. The number of hydrogen-bond donors (Lipinski definition) is 2. The average molecular weight is 529 g/mol. The second kappa shape index (κ2) is 12.7. The summed E-state index contributed by atoms with van der Waals surface area (Å²) in [6, 6.07) is 29.2. The van der Waals surface area contributed by atoms with Crippen LogP contribution >= 0.6 is 11.8 Å².